The number of carbonyl (C=O) groups excluding carboxylic acids is 1. The van der Waals surface area contributed by atoms with E-state index in [1.807, 2.05) is 30.3 Å². The summed E-state index contributed by atoms with van der Waals surface area (Å²) in [6, 6.07) is 18.5. The minimum Gasteiger partial charge on any atom is -0.353 e. The zero-order valence-electron chi connectivity index (χ0n) is 15.0. The maximum atomic E-state index is 13.0. The number of carbonyl (C=O) groups is 1. The Balaban J connectivity index is 1.47. The van der Waals surface area contributed by atoms with Gasteiger partial charge in [0.15, 0.2) is 0 Å². The van der Waals surface area contributed by atoms with Gasteiger partial charge in [0.05, 0.1) is 11.5 Å². The van der Waals surface area contributed by atoms with Crippen molar-refractivity contribution in [2.24, 2.45) is 0 Å². The highest BCUT2D eigenvalue weighted by Crippen LogP contribution is 2.48. The lowest BCUT2D eigenvalue weighted by Gasteiger charge is -2.29. The number of benzene rings is 2. The van der Waals surface area contributed by atoms with E-state index in [9.17, 15) is 4.79 Å². The molecule has 2 aliphatic rings. The molecule has 1 unspecified atom stereocenters. The lowest BCUT2D eigenvalue weighted by atomic mass is 9.94. The number of rotatable bonds is 6. The van der Waals surface area contributed by atoms with Crippen LogP contribution < -0.4 is 5.32 Å². The van der Waals surface area contributed by atoms with Crippen LogP contribution in [0, 0.1) is 0 Å². The van der Waals surface area contributed by atoms with Crippen molar-refractivity contribution in [3.05, 3.63) is 70.7 Å². The Morgan fingerprint density at radius 2 is 1.69 bits per heavy atom. The average molecular weight is 369 g/mol. The molecule has 1 aliphatic carbocycles. The van der Waals surface area contributed by atoms with Crippen LogP contribution in [0.4, 0.5) is 0 Å². The van der Waals surface area contributed by atoms with Crippen molar-refractivity contribution >= 4 is 17.5 Å². The normalized spacial score (nSPS) is 19.9. The molecule has 1 N–H and O–H groups in total. The number of likely N-dealkylation sites (tertiary alicyclic amines) is 1. The fourth-order valence-corrected chi connectivity index (χ4v) is 4.21. The Morgan fingerprint density at radius 3 is 2.31 bits per heavy atom. The number of hydrogen-bond acceptors (Lipinski definition) is 2. The highest BCUT2D eigenvalue weighted by Gasteiger charge is 2.51. The van der Waals surface area contributed by atoms with E-state index in [4.69, 9.17) is 11.6 Å². The number of nitrogens with zero attached hydrogens (tertiary/aromatic N) is 1. The van der Waals surface area contributed by atoms with E-state index in [1.165, 1.54) is 18.4 Å². The van der Waals surface area contributed by atoms with Crippen molar-refractivity contribution in [3.63, 3.8) is 0 Å². The van der Waals surface area contributed by atoms with Crippen molar-refractivity contribution in [2.75, 3.05) is 19.6 Å². The third-order valence-electron chi connectivity index (χ3n) is 5.80. The molecule has 4 heteroatoms. The molecule has 0 spiro atoms. The molecule has 1 saturated carbocycles. The van der Waals surface area contributed by atoms with Crippen LogP contribution in [-0.4, -0.2) is 30.4 Å². The number of halogens is 1. The van der Waals surface area contributed by atoms with Crippen molar-refractivity contribution in [3.8, 4) is 0 Å². The van der Waals surface area contributed by atoms with Gasteiger partial charge in [0.1, 0.15) is 0 Å². The Bertz CT molecular complexity index is 749. The topological polar surface area (TPSA) is 32.3 Å². The zero-order chi connectivity index (χ0) is 18.0. The maximum Gasteiger partial charge on any atom is 0.230 e. The minimum atomic E-state index is -0.350. The SMILES string of the molecule is O=C(NCC(c1ccccc1)N1CCCC1)C1(c2ccc(Cl)cc2)CC1. The molecule has 4 rings (SSSR count). The van der Waals surface area contributed by atoms with Crippen LogP contribution in [-0.2, 0) is 10.2 Å². The Kier molecular flexibility index (Phi) is 5.01. The van der Waals surface area contributed by atoms with Crippen LogP contribution in [0.5, 0.6) is 0 Å². The minimum absolute atomic E-state index is 0.153. The van der Waals surface area contributed by atoms with E-state index in [0.717, 1.165) is 31.5 Å². The van der Waals surface area contributed by atoms with Crippen LogP contribution in [0.2, 0.25) is 5.02 Å². The largest absolute Gasteiger partial charge is 0.353 e. The van der Waals surface area contributed by atoms with E-state index < -0.39 is 0 Å². The van der Waals surface area contributed by atoms with Crippen LogP contribution in [0.1, 0.15) is 42.9 Å². The summed E-state index contributed by atoms with van der Waals surface area (Å²) >= 11 is 6.00. The van der Waals surface area contributed by atoms with Gasteiger partial charge in [0, 0.05) is 11.6 Å². The van der Waals surface area contributed by atoms with Gasteiger partial charge in [-0.2, -0.15) is 0 Å². The van der Waals surface area contributed by atoms with Crippen molar-refractivity contribution in [1.82, 2.24) is 10.2 Å². The second-order valence-corrected chi connectivity index (χ2v) is 7.91. The molecule has 1 amide bonds. The predicted molar refractivity (Wildman–Crippen MR) is 105 cm³/mol. The van der Waals surface area contributed by atoms with Crippen molar-refractivity contribution in [2.45, 2.75) is 37.1 Å². The molecule has 0 bridgehead atoms. The quantitative estimate of drug-likeness (QED) is 0.823. The molecule has 1 aliphatic heterocycles. The second-order valence-electron chi connectivity index (χ2n) is 7.47. The van der Waals surface area contributed by atoms with Gasteiger partial charge >= 0.3 is 0 Å². The highest BCUT2D eigenvalue weighted by molar-refractivity contribution is 6.30. The van der Waals surface area contributed by atoms with E-state index in [2.05, 4.69) is 34.5 Å². The summed E-state index contributed by atoms with van der Waals surface area (Å²) in [5, 5.41) is 3.97. The molecule has 1 atom stereocenters. The van der Waals surface area contributed by atoms with Gasteiger partial charge in [-0.15, -0.1) is 0 Å². The standard InChI is InChI=1S/C22H25ClN2O/c23-19-10-8-18(9-11-19)22(12-13-22)21(26)24-16-20(25-14-4-5-15-25)17-6-2-1-3-7-17/h1-3,6-11,20H,4-5,12-16H2,(H,24,26). The first kappa shape index (κ1) is 17.6. The number of nitrogens with one attached hydrogen (secondary N) is 1. The summed E-state index contributed by atoms with van der Waals surface area (Å²) in [4.78, 5) is 15.5. The Labute approximate surface area is 160 Å². The van der Waals surface area contributed by atoms with Crippen LogP contribution in [0.3, 0.4) is 0 Å². The summed E-state index contributed by atoms with van der Waals surface area (Å²) in [6.07, 6.45) is 4.32. The lowest BCUT2D eigenvalue weighted by molar-refractivity contribution is -0.123. The van der Waals surface area contributed by atoms with Gasteiger partial charge < -0.3 is 5.32 Å². The summed E-state index contributed by atoms with van der Waals surface area (Å²) < 4.78 is 0. The van der Waals surface area contributed by atoms with Gasteiger partial charge in [0.2, 0.25) is 5.91 Å². The summed E-state index contributed by atoms with van der Waals surface area (Å²) in [6.45, 7) is 2.88. The first-order valence-electron chi connectivity index (χ1n) is 9.52. The Morgan fingerprint density at radius 1 is 1.04 bits per heavy atom. The molecule has 2 aromatic carbocycles. The van der Waals surface area contributed by atoms with Gasteiger partial charge in [-0.25, -0.2) is 0 Å². The predicted octanol–water partition coefficient (Wildman–Crippen LogP) is 4.32. The molecule has 1 saturated heterocycles. The molecule has 0 aromatic heterocycles. The van der Waals surface area contributed by atoms with E-state index in [1.54, 1.807) is 0 Å². The van der Waals surface area contributed by atoms with Gasteiger partial charge in [-0.05, 0) is 62.0 Å². The highest BCUT2D eigenvalue weighted by atomic mass is 35.5. The average Bonchev–Trinajstić information content (AvgIpc) is 3.31. The molecule has 3 nitrogen and oxygen atoms in total. The number of hydrogen-bond donors (Lipinski definition) is 1. The molecule has 26 heavy (non-hydrogen) atoms. The molecule has 0 radical (unpaired) electrons. The molecule has 2 fully saturated rings. The monoisotopic (exact) mass is 368 g/mol. The van der Waals surface area contributed by atoms with Gasteiger partial charge in [0.25, 0.3) is 0 Å². The second kappa shape index (κ2) is 7.42. The van der Waals surface area contributed by atoms with Crippen LogP contribution in [0.15, 0.2) is 54.6 Å². The summed E-state index contributed by atoms with van der Waals surface area (Å²) in [5.41, 5.74) is 2.01. The molecular formula is C22H25ClN2O. The third kappa shape index (κ3) is 3.51. The van der Waals surface area contributed by atoms with E-state index in [-0.39, 0.29) is 17.4 Å². The van der Waals surface area contributed by atoms with Crippen molar-refractivity contribution in [1.29, 1.82) is 0 Å². The fourth-order valence-electron chi connectivity index (χ4n) is 4.09. The zero-order valence-corrected chi connectivity index (χ0v) is 15.7. The Hall–Kier alpha value is -1.84. The lowest BCUT2D eigenvalue weighted by Crippen LogP contribution is -2.41. The first-order valence-corrected chi connectivity index (χ1v) is 9.90. The molecule has 2 aromatic rings. The van der Waals surface area contributed by atoms with Gasteiger partial charge in [-0.1, -0.05) is 54.1 Å². The van der Waals surface area contributed by atoms with Crippen molar-refractivity contribution < 1.29 is 4.79 Å². The van der Waals surface area contributed by atoms with Crippen LogP contribution in [0.25, 0.3) is 0 Å². The molecule has 1 heterocycles. The molecular weight excluding hydrogens is 344 g/mol. The summed E-state index contributed by atoms with van der Waals surface area (Å²) in [5.74, 6) is 0.153. The fraction of sp³-hybridized carbons (Fsp3) is 0.409. The van der Waals surface area contributed by atoms with Crippen LogP contribution >= 0.6 is 11.6 Å². The number of amides is 1. The van der Waals surface area contributed by atoms with Gasteiger partial charge in [-0.3, -0.25) is 9.69 Å². The maximum absolute atomic E-state index is 13.0. The summed E-state index contributed by atoms with van der Waals surface area (Å²) in [7, 11) is 0. The molecule has 136 valence electrons. The smallest absolute Gasteiger partial charge is 0.230 e. The third-order valence-corrected chi connectivity index (χ3v) is 6.06. The first-order chi connectivity index (χ1) is 12.7. The van der Waals surface area contributed by atoms with E-state index >= 15 is 0 Å². The van der Waals surface area contributed by atoms with E-state index in [0.29, 0.717) is 11.6 Å².